The van der Waals surface area contributed by atoms with E-state index in [-0.39, 0.29) is 6.54 Å². The number of carboxylic acids is 1. The van der Waals surface area contributed by atoms with E-state index in [1.807, 2.05) is 0 Å². The third kappa shape index (κ3) is 3.63. The quantitative estimate of drug-likeness (QED) is 0.724. The van der Waals surface area contributed by atoms with Gasteiger partial charge in [0.15, 0.2) is 0 Å². The monoisotopic (exact) mass is 260 g/mol. The largest absolute Gasteiger partial charge is 0.480 e. The van der Waals surface area contributed by atoms with Crippen LogP contribution in [0.4, 0.5) is 4.79 Å². The lowest BCUT2D eigenvalue weighted by atomic mass is 10.2. The number of amides is 2. The van der Waals surface area contributed by atoms with Crippen LogP contribution < -0.4 is 10.6 Å². The molecular formula is C9H13ClN4O3. The van der Waals surface area contributed by atoms with E-state index < -0.39 is 18.5 Å². The molecule has 0 saturated carbocycles. The van der Waals surface area contributed by atoms with Crippen molar-refractivity contribution >= 4 is 23.6 Å². The molecule has 1 aromatic heterocycles. The second kappa shape index (κ2) is 5.53. The summed E-state index contributed by atoms with van der Waals surface area (Å²) in [6.45, 7) is 1.55. The summed E-state index contributed by atoms with van der Waals surface area (Å²) >= 11 is 5.96. The Morgan fingerprint density at radius 3 is 2.59 bits per heavy atom. The molecule has 1 rings (SSSR count). The van der Waals surface area contributed by atoms with E-state index in [0.717, 1.165) is 5.69 Å². The molecule has 7 nitrogen and oxygen atoms in total. The molecule has 0 radical (unpaired) electrons. The lowest BCUT2D eigenvalue weighted by Gasteiger charge is -2.05. The van der Waals surface area contributed by atoms with Crippen molar-refractivity contribution in [1.82, 2.24) is 20.4 Å². The Bertz CT molecular complexity index is 444. The number of nitrogens with one attached hydrogen (secondary N) is 2. The van der Waals surface area contributed by atoms with Crippen LogP contribution in [0.25, 0.3) is 0 Å². The van der Waals surface area contributed by atoms with Crippen molar-refractivity contribution < 1.29 is 14.7 Å². The van der Waals surface area contributed by atoms with Gasteiger partial charge in [-0.1, -0.05) is 11.6 Å². The van der Waals surface area contributed by atoms with Crippen molar-refractivity contribution in [3.05, 3.63) is 16.4 Å². The van der Waals surface area contributed by atoms with Crippen molar-refractivity contribution in [2.45, 2.75) is 13.5 Å². The van der Waals surface area contributed by atoms with Gasteiger partial charge in [0, 0.05) is 19.2 Å². The van der Waals surface area contributed by atoms with Crippen LogP contribution in [0.15, 0.2) is 0 Å². The average Bonchev–Trinajstić information content (AvgIpc) is 2.48. The molecule has 0 spiro atoms. The predicted octanol–water partition coefficient (Wildman–Crippen LogP) is 0.266. The highest BCUT2D eigenvalue weighted by Crippen LogP contribution is 2.17. The van der Waals surface area contributed by atoms with E-state index in [4.69, 9.17) is 16.7 Å². The number of aromatic nitrogens is 2. The van der Waals surface area contributed by atoms with Crippen LogP contribution in [0, 0.1) is 6.92 Å². The topological polar surface area (TPSA) is 96.3 Å². The van der Waals surface area contributed by atoms with E-state index in [0.29, 0.717) is 10.7 Å². The molecule has 17 heavy (non-hydrogen) atoms. The molecule has 0 aliphatic heterocycles. The van der Waals surface area contributed by atoms with Gasteiger partial charge in [0.05, 0.1) is 5.69 Å². The van der Waals surface area contributed by atoms with E-state index >= 15 is 0 Å². The van der Waals surface area contributed by atoms with Crippen molar-refractivity contribution in [3.63, 3.8) is 0 Å². The predicted molar refractivity (Wildman–Crippen MR) is 60.8 cm³/mol. The summed E-state index contributed by atoms with van der Waals surface area (Å²) < 4.78 is 1.50. The first-order chi connectivity index (χ1) is 7.91. The number of carbonyl (C=O) groups excluding carboxylic acids is 1. The van der Waals surface area contributed by atoms with E-state index in [1.54, 1.807) is 14.0 Å². The van der Waals surface area contributed by atoms with Crippen LogP contribution in [0.5, 0.6) is 0 Å². The first kappa shape index (κ1) is 13.3. The van der Waals surface area contributed by atoms with Crippen molar-refractivity contribution in [1.29, 1.82) is 0 Å². The Morgan fingerprint density at radius 1 is 1.47 bits per heavy atom. The number of rotatable bonds is 4. The van der Waals surface area contributed by atoms with Gasteiger partial charge in [-0.25, -0.2) is 4.79 Å². The molecule has 8 heteroatoms. The zero-order valence-electron chi connectivity index (χ0n) is 9.45. The maximum atomic E-state index is 11.2. The fourth-order valence-electron chi connectivity index (χ4n) is 1.26. The number of aliphatic carboxylic acids is 1. The molecule has 0 atom stereocenters. The first-order valence-corrected chi connectivity index (χ1v) is 5.21. The molecule has 1 heterocycles. The number of aryl methyl sites for hydroxylation is 2. The summed E-state index contributed by atoms with van der Waals surface area (Å²) in [4.78, 5) is 21.4. The molecule has 0 fully saturated rings. The zero-order valence-corrected chi connectivity index (χ0v) is 10.2. The van der Waals surface area contributed by atoms with Gasteiger partial charge in [-0.3, -0.25) is 9.48 Å². The van der Waals surface area contributed by atoms with E-state index in [2.05, 4.69) is 15.7 Å². The summed E-state index contributed by atoms with van der Waals surface area (Å²) in [6, 6.07) is -0.563. The summed E-state index contributed by atoms with van der Waals surface area (Å²) in [7, 11) is 1.70. The van der Waals surface area contributed by atoms with Crippen LogP contribution in [-0.4, -0.2) is 33.4 Å². The smallest absolute Gasteiger partial charge is 0.323 e. The van der Waals surface area contributed by atoms with Crippen LogP contribution in [0.3, 0.4) is 0 Å². The molecule has 0 aliphatic carbocycles. The normalized spacial score (nSPS) is 10.1. The highest BCUT2D eigenvalue weighted by Gasteiger charge is 2.12. The summed E-state index contributed by atoms with van der Waals surface area (Å²) in [5, 5.41) is 17.6. The number of hydrogen-bond acceptors (Lipinski definition) is 3. The molecule has 0 unspecified atom stereocenters. The Kier molecular flexibility index (Phi) is 4.33. The second-order valence-electron chi connectivity index (χ2n) is 3.41. The number of urea groups is 1. The Morgan fingerprint density at radius 2 is 2.12 bits per heavy atom. The van der Waals surface area contributed by atoms with Crippen LogP contribution in [-0.2, 0) is 18.4 Å². The number of carboxylic acid groups (broad SMARTS) is 1. The van der Waals surface area contributed by atoms with Gasteiger partial charge in [0.2, 0.25) is 0 Å². The fraction of sp³-hybridized carbons (Fsp3) is 0.444. The lowest BCUT2D eigenvalue weighted by Crippen LogP contribution is -2.38. The maximum Gasteiger partial charge on any atom is 0.323 e. The molecule has 3 N–H and O–H groups in total. The van der Waals surface area contributed by atoms with Crippen LogP contribution in [0.1, 0.15) is 11.3 Å². The average molecular weight is 261 g/mol. The van der Waals surface area contributed by atoms with Crippen LogP contribution >= 0.6 is 11.6 Å². The summed E-state index contributed by atoms with van der Waals surface area (Å²) in [6.07, 6.45) is 0. The number of hydrogen-bond donors (Lipinski definition) is 3. The highest BCUT2D eigenvalue weighted by atomic mass is 35.5. The Balaban J connectivity index is 2.50. The van der Waals surface area contributed by atoms with Crippen molar-refractivity contribution in [3.8, 4) is 0 Å². The molecular weight excluding hydrogens is 248 g/mol. The van der Waals surface area contributed by atoms with Gasteiger partial charge in [-0.15, -0.1) is 0 Å². The first-order valence-electron chi connectivity index (χ1n) is 4.83. The summed E-state index contributed by atoms with van der Waals surface area (Å²) in [5.41, 5.74) is 1.43. The molecule has 1 aromatic rings. The maximum absolute atomic E-state index is 11.2. The van der Waals surface area contributed by atoms with Gasteiger partial charge in [0.1, 0.15) is 11.7 Å². The third-order valence-corrected chi connectivity index (χ3v) is 2.57. The van der Waals surface area contributed by atoms with E-state index in [1.165, 1.54) is 4.68 Å². The Labute approximate surface area is 103 Å². The van der Waals surface area contributed by atoms with Gasteiger partial charge >= 0.3 is 12.0 Å². The molecule has 0 aliphatic rings. The lowest BCUT2D eigenvalue weighted by molar-refractivity contribution is -0.135. The molecule has 2 amide bonds. The van der Waals surface area contributed by atoms with Gasteiger partial charge in [-0.05, 0) is 6.92 Å². The van der Waals surface area contributed by atoms with Gasteiger partial charge < -0.3 is 15.7 Å². The zero-order chi connectivity index (χ0) is 13.0. The number of nitrogens with zero attached hydrogens (tertiary/aromatic N) is 2. The van der Waals surface area contributed by atoms with Gasteiger partial charge in [-0.2, -0.15) is 5.10 Å². The minimum absolute atomic E-state index is 0.198. The minimum atomic E-state index is -1.10. The van der Waals surface area contributed by atoms with Gasteiger partial charge in [0.25, 0.3) is 0 Å². The third-order valence-electron chi connectivity index (χ3n) is 2.10. The fourth-order valence-corrected chi connectivity index (χ4v) is 1.50. The Hall–Kier alpha value is -1.76. The van der Waals surface area contributed by atoms with Crippen molar-refractivity contribution in [2.24, 2.45) is 7.05 Å². The molecule has 0 aromatic carbocycles. The second-order valence-corrected chi connectivity index (χ2v) is 3.77. The minimum Gasteiger partial charge on any atom is -0.480 e. The van der Waals surface area contributed by atoms with E-state index in [9.17, 15) is 9.59 Å². The SMILES string of the molecule is Cc1nn(C)c(Cl)c1CNC(=O)NCC(=O)O. The molecule has 0 saturated heterocycles. The molecule has 0 bridgehead atoms. The van der Waals surface area contributed by atoms with Crippen LogP contribution in [0.2, 0.25) is 5.15 Å². The number of halogens is 1. The highest BCUT2D eigenvalue weighted by molar-refractivity contribution is 6.30. The van der Waals surface area contributed by atoms with Crippen molar-refractivity contribution in [2.75, 3.05) is 6.54 Å². The molecule has 94 valence electrons. The summed E-state index contributed by atoms with van der Waals surface area (Å²) in [5.74, 6) is -1.10. The number of carbonyl (C=O) groups is 2. The standard InChI is InChI=1S/C9H13ClN4O3/c1-5-6(8(10)14(2)13-5)3-11-9(17)12-4-7(15)16/h3-4H2,1-2H3,(H,15,16)(H2,11,12,17).